The highest BCUT2D eigenvalue weighted by Crippen LogP contribution is 2.46. The number of ketones is 1. The summed E-state index contributed by atoms with van der Waals surface area (Å²) >= 11 is 6.17. The largest absolute Gasteiger partial charge is 0.497 e. The fraction of sp³-hybridized carbons (Fsp3) is 0.300. The predicted molar refractivity (Wildman–Crippen MR) is 144 cm³/mol. The van der Waals surface area contributed by atoms with Gasteiger partial charge >= 0.3 is 5.97 Å². The van der Waals surface area contributed by atoms with Crippen molar-refractivity contribution in [1.82, 2.24) is 5.32 Å². The number of allylic oxidation sites excluding steroid dienone is 3. The molecule has 38 heavy (non-hydrogen) atoms. The average Bonchev–Trinajstić information content (AvgIpc) is 2.86. The first-order chi connectivity index (χ1) is 18.1. The van der Waals surface area contributed by atoms with E-state index in [0.717, 1.165) is 5.56 Å². The molecule has 0 saturated heterocycles. The number of benzene rings is 2. The van der Waals surface area contributed by atoms with Gasteiger partial charge in [-0.15, -0.1) is 0 Å². The Kier molecular flexibility index (Phi) is 6.65. The Labute approximate surface area is 225 Å². The number of rotatable bonds is 5. The standard InChI is InChI=1S/C30H28ClNO6/c1-16-25(29(35)38-14-17-5-8-19(36-4)9-6-17)26(27-22(32-16)12-30(2,3)13-23(27)33)21-15-37-24-10-7-18(31)11-20(24)28(21)34/h5-11,15,26,32H,12-14H2,1-4H3/t26-/m1/s1. The molecule has 0 bridgehead atoms. The number of dihydropyridines is 1. The summed E-state index contributed by atoms with van der Waals surface area (Å²) < 4.78 is 16.7. The van der Waals surface area contributed by atoms with Crippen LogP contribution in [0.15, 0.2) is 80.5 Å². The molecule has 2 aliphatic rings. The van der Waals surface area contributed by atoms with E-state index in [1.165, 1.54) is 12.3 Å². The summed E-state index contributed by atoms with van der Waals surface area (Å²) in [6.07, 6.45) is 2.24. The molecule has 0 fully saturated rings. The zero-order valence-corrected chi connectivity index (χ0v) is 22.4. The number of carbonyl (C=O) groups is 2. The molecule has 3 aromatic rings. The third-order valence-electron chi connectivity index (χ3n) is 7.06. The summed E-state index contributed by atoms with van der Waals surface area (Å²) in [6.45, 7) is 5.82. The van der Waals surface area contributed by atoms with Crippen LogP contribution in [0.2, 0.25) is 5.02 Å². The molecular formula is C30H28ClNO6. The van der Waals surface area contributed by atoms with Crippen molar-refractivity contribution in [3.8, 4) is 5.75 Å². The number of esters is 1. The van der Waals surface area contributed by atoms with Gasteiger partial charge in [-0.3, -0.25) is 9.59 Å². The van der Waals surface area contributed by atoms with Crippen LogP contribution in [0.4, 0.5) is 0 Å². The first kappa shape index (κ1) is 25.8. The molecule has 2 aromatic carbocycles. The zero-order valence-electron chi connectivity index (χ0n) is 21.6. The first-order valence-electron chi connectivity index (χ1n) is 12.3. The molecule has 0 radical (unpaired) electrons. The summed E-state index contributed by atoms with van der Waals surface area (Å²) in [4.78, 5) is 40.9. The van der Waals surface area contributed by atoms with Crippen LogP contribution < -0.4 is 15.5 Å². The van der Waals surface area contributed by atoms with Crippen LogP contribution in [-0.2, 0) is 20.9 Å². The second-order valence-corrected chi connectivity index (χ2v) is 11.0. The summed E-state index contributed by atoms with van der Waals surface area (Å²) in [7, 11) is 1.58. The van der Waals surface area contributed by atoms with Gasteiger partial charge in [0, 0.05) is 34.0 Å². The van der Waals surface area contributed by atoms with Crippen molar-refractivity contribution in [2.75, 3.05) is 7.11 Å². The molecule has 0 saturated carbocycles. The van der Waals surface area contributed by atoms with Gasteiger partial charge in [-0.1, -0.05) is 37.6 Å². The minimum Gasteiger partial charge on any atom is -0.497 e. The summed E-state index contributed by atoms with van der Waals surface area (Å²) in [5.41, 5.74) is 2.58. The van der Waals surface area contributed by atoms with E-state index >= 15 is 0 Å². The number of carbonyl (C=O) groups excluding carboxylic acids is 2. The van der Waals surface area contributed by atoms with Crippen molar-refractivity contribution in [2.24, 2.45) is 5.41 Å². The van der Waals surface area contributed by atoms with Crippen molar-refractivity contribution in [3.63, 3.8) is 0 Å². The minimum atomic E-state index is -0.933. The van der Waals surface area contributed by atoms with Gasteiger partial charge < -0.3 is 19.2 Å². The van der Waals surface area contributed by atoms with Crippen LogP contribution in [0, 0.1) is 5.41 Å². The smallest absolute Gasteiger partial charge is 0.337 e. The van der Waals surface area contributed by atoms with Crippen molar-refractivity contribution in [3.05, 3.63) is 97.6 Å². The van der Waals surface area contributed by atoms with Crippen molar-refractivity contribution in [2.45, 2.75) is 46.1 Å². The highest BCUT2D eigenvalue weighted by molar-refractivity contribution is 6.31. The molecule has 2 heterocycles. The van der Waals surface area contributed by atoms with Gasteiger partial charge in [0.05, 0.1) is 30.3 Å². The van der Waals surface area contributed by atoms with E-state index in [2.05, 4.69) is 5.32 Å². The number of ether oxygens (including phenoxy) is 2. The van der Waals surface area contributed by atoms with E-state index in [9.17, 15) is 14.4 Å². The molecule has 1 aliphatic carbocycles. The summed E-state index contributed by atoms with van der Waals surface area (Å²) in [5, 5.41) is 3.94. The summed E-state index contributed by atoms with van der Waals surface area (Å²) in [5.74, 6) is -0.979. The lowest BCUT2D eigenvalue weighted by atomic mass is 9.68. The Morgan fingerprint density at radius 2 is 1.87 bits per heavy atom. The number of fused-ring (bicyclic) bond motifs is 1. The number of Topliss-reactive ketones (excluding diaryl/α,β-unsaturated/α-hetero) is 1. The van der Waals surface area contributed by atoms with E-state index in [1.807, 2.05) is 13.8 Å². The van der Waals surface area contributed by atoms with E-state index in [4.69, 9.17) is 25.5 Å². The molecule has 1 aromatic heterocycles. The zero-order chi connectivity index (χ0) is 27.2. The Bertz CT molecular complexity index is 1580. The Morgan fingerprint density at radius 3 is 2.58 bits per heavy atom. The molecule has 0 spiro atoms. The van der Waals surface area contributed by atoms with Gasteiger partial charge in [0.25, 0.3) is 0 Å². The van der Waals surface area contributed by atoms with Crippen LogP contribution in [-0.4, -0.2) is 18.9 Å². The lowest BCUT2D eigenvalue weighted by Crippen LogP contribution is -2.39. The van der Waals surface area contributed by atoms with Crippen LogP contribution in [0.25, 0.3) is 11.0 Å². The first-order valence-corrected chi connectivity index (χ1v) is 12.7. The van der Waals surface area contributed by atoms with Gasteiger partial charge in [-0.2, -0.15) is 0 Å². The van der Waals surface area contributed by atoms with Crippen LogP contribution in [0.5, 0.6) is 5.75 Å². The Hall–Kier alpha value is -3.84. The highest BCUT2D eigenvalue weighted by atomic mass is 35.5. The van der Waals surface area contributed by atoms with E-state index in [0.29, 0.717) is 46.2 Å². The molecule has 0 amide bonds. The topological polar surface area (TPSA) is 94.8 Å². The molecule has 0 unspecified atom stereocenters. The third kappa shape index (κ3) is 4.74. The molecule has 1 N–H and O–H groups in total. The van der Waals surface area contributed by atoms with Crippen LogP contribution >= 0.6 is 11.6 Å². The molecule has 1 atom stereocenters. The van der Waals surface area contributed by atoms with Gasteiger partial charge in [-0.05, 0) is 54.7 Å². The Morgan fingerprint density at radius 1 is 1.13 bits per heavy atom. The molecule has 5 rings (SSSR count). The monoisotopic (exact) mass is 533 g/mol. The second-order valence-electron chi connectivity index (χ2n) is 10.5. The maximum atomic E-state index is 13.7. The fourth-order valence-electron chi connectivity index (χ4n) is 5.28. The Balaban J connectivity index is 1.60. The van der Waals surface area contributed by atoms with Crippen LogP contribution in [0.3, 0.4) is 0 Å². The number of hydrogen-bond acceptors (Lipinski definition) is 7. The molecule has 196 valence electrons. The number of halogens is 1. The van der Waals surface area contributed by atoms with Gasteiger partial charge in [-0.25, -0.2) is 4.79 Å². The van der Waals surface area contributed by atoms with Crippen molar-refractivity contribution >= 4 is 34.3 Å². The third-order valence-corrected chi connectivity index (χ3v) is 7.30. The minimum absolute atomic E-state index is 0.0150. The molecular weight excluding hydrogens is 506 g/mol. The predicted octanol–water partition coefficient (Wildman–Crippen LogP) is 5.80. The number of hydrogen-bond donors (Lipinski definition) is 1. The molecule has 1 aliphatic heterocycles. The molecule has 7 nitrogen and oxygen atoms in total. The number of methoxy groups -OCH3 is 1. The van der Waals surface area contributed by atoms with E-state index in [1.54, 1.807) is 50.4 Å². The molecule has 8 heteroatoms. The quantitative estimate of drug-likeness (QED) is 0.414. The fourth-order valence-corrected chi connectivity index (χ4v) is 5.46. The lowest BCUT2D eigenvalue weighted by molar-refractivity contribution is -0.140. The van der Waals surface area contributed by atoms with Crippen molar-refractivity contribution < 1.29 is 23.5 Å². The normalized spacial score (nSPS) is 18.8. The maximum Gasteiger partial charge on any atom is 0.337 e. The lowest BCUT2D eigenvalue weighted by Gasteiger charge is -2.39. The van der Waals surface area contributed by atoms with Gasteiger partial charge in [0.15, 0.2) is 11.2 Å². The van der Waals surface area contributed by atoms with Gasteiger partial charge in [0.1, 0.15) is 17.9 Å². The average molecular weight is 534 g/mol. The highest BCUT2D eigenvalue weighted by Gasteiger charge is 2.44. The summed E-state index contributed by atoms with van der Waals surface area (Å²) in [6, 6.07) is 12.0. The van der Waals surface area contributed by atoms with Crippen molar-refractivity contribution in [1.29, 1.82) is 0 Å². The number of nitrogens with one attached hydrogen (secondary N) is 1. The van der Waals surface area contributed by atoms with Crippen LogP contribution in [0.1, 0.15) is 50.7 Å². The maximum absolute atomic E-state index is 13.7. The SMILES string of the molecule is COc1ccc(COC(=O)C2=C(C)NC3=C(C(=O)CC(C)(C)C3)[C@@H]2c2coc3ccc(Cl)cc3c2=O)cc1. The van der Waals surface area contributed by atoms with E-state index in [-0.39, 0.29) is 39.8 Å². The second kappa shape index (κ2) is 9.80. The van der Waals surface area contributed by atoms with E-state index < -0.39 is 11.9 Å². The van der Waals surface area contributed by atoms with Gasteiger partial charge in [0.2, 0.25) is 0 Å².